The molecule has 0 N–H and O–H groups in total. The molecule has 2 saturated carbocycles. The number of oxime groups is 1. The fourth-order valence-corrected chi connectivity index (χ4v) is 1.59. The largest absolute Gasteiger partial charge is 0.399 e. The molecule has 0 amide bonds. The third-order valence-corrected chi connectivity index (χ3v) is 2.30. The Bertz CT molecular complexity index is 213. The van der Waals surface area contributed by atoms with E-state index in [9.17, 15) is 0 Å². The Morgan fingerprint density at radius 1 is 1.07 bits per heavy atom. The fourth-order valence-electron chi connectivity index (χ4n) is 1.59. The Morgan fingerprint density at radius 3 is 2.27 bits per heavy atom. The van der Waals surface area contributed by atoms with Crippen LogP contribution in [0.3, 0.4) is 0 Å². The van der Waals surface area contributed by atoms with E-state index in [1.54, 1.807) is 7.11 Å². The van der Waals surface area contributed by atoms with Crippen molar-refractivity contribution in [2.75, 3.05) is 7.11 Å². The van der Waals surface area contributed by atoms with E-state index >= 15 is 0 Å². The third-order valence-electron chi connectivity index (χ3n) is 2.30. The molecule has 0 aromatic rings. The molecule has 10 radical (unpaired) electrons. The van der Waals surface area contributed by atoms with Crippen molar-refractivity contribution in [3.05, 3.63) is 63.2 Å². The first-order valence-corrected chi connectivity index (χ1v) is 4.93. The van der Waals surface area contributed by atoms with Crippen LogP contribution in [-0.2, 0) is 4.84 Å². The van der Waals surface area contributed by atoms with Crippen molar-refractivity contribution in [2.45, 2.75) is 6.42 Å². The highest BCUT2D eigenvalue weighted by atomic mass is 16.6. The maximum atomic E-state index is 4.86. The zero-order valence-corrected chi connectivity index (χ0v) is 8.68. The van der Waals surface area contributed by atoms with Crippen molar-refractivity contribution in [1.29, 1.82) is 0 Å². The van der Waals surface area contributed by atoms with Gasteiger partial charge >= 0.3 is 0 Å². The summed E-state index contributed by atoms with van der Waals surface area (Å²) in [5, 5.41) is 4.06. The molecule has 2 nitrogen and oxygen atoms in total. The number of hydrogen-bond donors (Lipinski definition) is 0. The van der Waals surface area contributed by atoms with Gasteiger partial charge in [-0.3, -0.25) is 0 Å². The smallest absolute Gasteiger partial charge is 0.106 e. The standard InChI is InChI=1S/C13H13NO/c1-15-14-13(12-8-4-5-9-12)10-11-6-2-3-7-11/h2-9H,10H2,1H3/b14-13+. The summed E-state index contributed by atoms with van der Waals surface area (Å²) in [7, 11) is 1.58. The first-order valence-electron chi connectivity index (χ1n) is 4.93. The van der Waals surface area contributed by atoms with Gasteiger partial charge in [-0.1, -0.05) is 5.16 Å². The number of rotatable bonds is 4. The molecule has 0 spiro atoms. The first-order chi connectivity index (χ1) is 7.40. The summed E-state index contributed by atoms with van der Waals surface area (Å²) >= 11 is 0. The van der Waals surface area contributed by atoms with Gasteiger partial charge in [0.2, 0.25) is 0 Å². The van der Waals surface area contributed by atoms with Gasteiger partial charge in [0.15, 0.2) is 0 Å². The van der Waals surface area contributed by atoms with E-state index in [2.05, 4.69) is 18.0 Å². The van der Waals surface area contributed by atoms with E-state index in [0.717, 1.165) is 18.1 Å². The van der Waals surface area contributed by atoms with Gasteiger partial charge in [-0.2, -0.15) is 0 Å². The van der Waals surface area contributed by atoms with Gasteiger partial charge in [-0.25, -0.2) is 0 Å². The quantitative estimate of drug-likeness (QED) is 0.502. The second-order valence-corrected chi connectivity index (χ2v) is 3.36. The second kappa shape index (κ2) is 5.53. The topological polar surface area (TPSA) is 21.6 Å². The molecule has 0 bridgehead atoms. The normalized spacial score (nSPS) is 25.0. The molecule has 76 valence electrons. The molecule has 0 aromatic heterocycles. The number of hydrogen-bond acceptors (Lipinski definition) is 2. The molecular formula is C13H13NO. The van der Waals surface area contributed by atoms with Crippen molar-refractivity contribution >= 4 is 5.71 Å². The lowest BCUT2D eigenvalue weighted by Crippen LogP contribution is -2.13. The lowest BCUT2D eigenvalue weighted by molar-refractivity contribution is 0.212. The minimum absolute atomic E-state index is 0.810. The Hall–Kier alpha value is -0.530. The molecule has 0 unspecified atom stereocenters. The summed E-state index contributed by atoms with van der Waals surface area (Å²) in [4.78, 5) is 4.86. The molecule has 0 atom stereocenters. The lowest BCUT2D eigenvalue weighted by atomic mass is 9.92. The maximum Gasteiger partial charge on any atom is 0.106 e. The van der Waals surface area contributed by atoms with Gasteiger partial charge in [0.25, 0.3) is 0 Å². The van der Waals surface area contributed by atoms with Crippen LogP contribution in [0, 0.1) is 63.2 Å². The predicted molar refractivity (Wildman–Crippen MR) is 59.9 cm³/mol. The van der Waals surface area contributed by atoms with Crippen LogP contribution in [0.4, 0.5) is 0 Å². The average Bonchev–Trinajstić information content (AvgIpc) is 2.89. The maximum absolute atomic E-state index is 4.86. The summed E-state index contributed by atoms with van der Waals surface area (Å²) in [6.45, 7) is 0. The summed E-state index contributed by atoms with van der Waals surface area (Å²) in [6, 6.07) is 0. The second-order valence-electron chi connectivity index (χ2n) is 3.36. The molecule has 2 fully saturated rings. The Morgan fingerprint density at radius 2 is 1.67 bits per heavy atom. The van der Waals surface area contributed by atoms with Gasteiger partial charge in [0, 0.05) is 5.92 Å². The molecule has 2 aliphatic rings. The molecule has 2 heteroatoms. The van der Waals surface area contributed by atoms with Crippen molar-refractivity contribution < 1.29 is 4.84 Å². The lowest BCUT2D eigenvalue weighted by Gasteiger charge is -2.14. The predicted octanol–water partition coefficient (Wildman–Crippen LogP) is 2.19. The molecule has 15 heavy (non-hydrogen) atoms. The van der Waals surface area contributed by atoms with Gasteiger partial charge < -0.3 is 4.84 Å². The first kappa shape index (κ1) is 11.0. The van der Waals surface area contributed by atoms with Crippen LogP contribution in [0.1, 0.15) is 6.42 Å². The van der Waals surface area contributed by atoms with E-state index in [1.165, 1.54) is 5.92 Å². The molecule has 2 rings (SSSR count). The number of nitrogens with zero attached hydrogens (tertiary/aromatic N) is 1. The van der Waals surface area contributed by atoms with Crippen molar-refractivity contribution in [3.63, 3.8) is 0 Å². The van der Waals surface area contributed by atoms with Gasteiger partial charge in [0.05, 0.1) is 5.71 Å². The van der Waals surface area contributed by atoms with E-state index in [1.807, 2.05) is 38.5 Å². The van der Waals surface area contributed by atoms with Gasteiger partial charge in [-0.15, -0.1) is 0 Å². The van der Waals surface area contributed by atoms with Crippen LogP contribution in [0.15, 0.2) is 5.16 Å². The van der Waals surface area contributed by atoms with E-state index in [4.69, 9.17) is 4.84 Å². The van der Waals surface area contributed by atoms with Crippen molar-refractivity contribution in [1.82, 2.24) is 0 Å². The molecule has 2 aliphatic carbocycles. The van der Waals surface area contributed by atoms with Gasteiger partial charge in [-0.05, 0) is 63.7 Å². The summed E-state index contributed by atoms with van der Waals surface area (Å²) in [6.07, 6.45) is 17.2. The Labute approximate surface area is 93.1 Å². The van der Waals surface area contributed by atoms with Crippen molar-refractivity contribution in [2.24, 2.45) is 5.16 Å². The Kier molecular flexibility index (Phi) is 4.04. The van der Waals surface area contributed by atoms with Crippen LogP contribution in [0.2, 0.25) is 0 Å². The molecule has 0 aliphatic heterocycles. The summed E-state index contributed by atoms with van der Waals surface area (Å²) in [5.41, 5.74) is 0.966. The average molecular weight is 199 g/mol. The minimum Gasteiger partial charge on any atom is -0.399 e. The zero-order valence-electron chi connectivity index (χ0n) is 8.68. The zero-order chi connectivity index (χ0) is 10.5. The third kappa shape index (κ3) is 2.96. The van der Waals surface area contributed by atoms with E-state index < -0.39 is 0 Å². The van der Waals surface area contributed by atoms with E-state index in [-0.39, 0.29) is 0 Å². The molecule has 0 aromatic carbocycles. The Balaban J connectivity index is 1.90. The van der Waals surface area contributed by atoms with Gasteiger partial charge in [0.1, 0.15) is 7.11 Å². The van der Waals surface area contributed by atoms with Crippen LogP contribution in [0.5, 0.6) is 0 Å². The summed E-state index contributed by atoms with van der Waals surface area (Å²) in [5.74, 6) is 2.38. The fraction of sp³-hybridized carbons (Fsp3) is 0.154. The SMILES string of the molecule is CO/N=C(\C[C]1[CH][CH][CH][CH]1)[C]1[CH][CH][CH][CH]1. The highest BCUT2D eigenvalue weighted by Gasteiger charge is 2.27. The molecule has 0 saturated heterocycles. The van der Waals surface area contributed by atoms with Crippen molar-refractivity contribution in [3.8, 4) is 0 Å². The van der Waals surface area contributed by atoms with Crippen LogP contribution in [0.25, 0.3) is 0 Å². The monoisotopic (exact) mass is 199 g/mol. The highest BCUT2D eigenvalue weighted by molar-refractivity contribution is 6.03. The van der Waals surface area contributed by atoms with E-state index in [0.29, 0.717) is 0 Å². The van der Waals surface area contributed by atoms with Crippen LogP contribution in [-0.4, -0.2) is 12.8 Å². The molecular weight excluding hydrogens is 186 g/mol. The molecule has 0 heterocycles. The highest BCUT2D eigenvalue weighted by Crippen LogP contribution is 2.32. The summed E-state index contributed by atoms with van der Waals surface area (Å²) < 4.78 is 0. The minimum atomic E-state index is 0.810. The van der Waals surface area contributed by atoms with Crippen LogP contribution < -0.4 is 0 Å². The van der Waals surface area contributed by atoms with Crippen LogP contribution >= 0.6 is 0 Å².